The van der Waals surface area contributed by atoms with E-state index in [9.17, 15) is 39.6 Å². The summed E-state index contributed by atoms with van der Waals surface area (Å²) in [4.78, 5) is 12.5. The predicted octanol–water partition coefficient (Wildman–Crippen LogP) is 3.93. The number of urea groups is 1. The Hall–Kier alpha value is -2.02. The van der Waals surface area contributed by atoms with Gasteiger partial charge in [-0.15, -0.1) is 0 Å². The number of halogens is 6. The van der Waals surface area contributed by atoms with Crippen molar-refractivity contribution in [2.24, 2.45) is 0 Å². The molecule has 0 aliphatic carbocycles. The molecule has 0 spiro atoms. The Morgan fingerprint density at radius 1 is 1.00 bits per heavy atom. The Morgan fingerprint density at radius 2 is 1.48 bits per heavy atom. The Labute approximate surface area is 176 Å². The molecule has 1 aromatic rings. The monoisotopic (exact) mass is 475 g/mol. The maximum Gasteiger partial charge on any atom is 0.416 e. The van der Waals surface area contributed by atoms with Crippen LogP contribution in [0.1, 0.15) is 37.8 Å². The number of carbonyl (C=O) groups excluding carboxylic acids is 1. The van der Waals surface area contributed by atoms with Gasteiger partial charge in [-0.3, -0.25) is 0 Å². The molecule has 2 amide bonds. The fraction of sp³-hybridized carbons (Fsp3) is 0.611. The van der Waals surface area contributed by atoms with Crippen molar-refractivity contribution >= 4 is 16.1 Å². The SMILES string of the molecule is CCCC(C)NC(=O)N1CCN(S(=O)(=O)c2cc(C(F)(F)F)cc(C(F)(F)F)c2)CC1. The Bertz CT molecular complexity index is 862. The highest BCUT2D eigenvalue weighted by Gasteiger charge is 2.39. The molecule has 2 rings (SSSR count). The van der Waals surface area contributed by atoms with Crippen molar-refractivity contribution in [1.29, 1.82) is 0 Å². The first-order chi connectivity index (χ1) is 14.2. The second kappa shape index (κ2) is 9.23. The Kier molecular flexibility index (Phi) is 7.51. The van der Waals surface area contributed by atoms with Crippen LogP contribution in [0.4, 0.5) is 31.1 Å². The highest BCUT2D eigenvalue weighted by Crippen LogP contribution is 2.37. The summed E-state index contributed by atoms with van der Waals surface area (Å²) in [7, 11) is -4.63. The zero-order chi connectivity index (χ0) is 23.6. The van der Waals surface area contributed by atoms with Crippen LogP contribution in [-0.2, 0) is 22.4 Å². The molecule has 0 aromatic heterocycles. The smallest absolute Gasteiger partial charge is 0.336 e. The van der Waals surface area contributed by atoms with E-state index in [-0.39, 0.29) is 50.4 Å². The normalized spacial score (nSPS) is 17.5. The van der Waals surface area contributed by atoms with Gasteiger partial charge in [-0.2, -0.15) is 30.6 Å². The fourth-order valence-electron chi connectivity index (χ4n) is 3.16. The van der Waals surface area contributed by atoms with Crippen LogP contribution in [0.3, 0.4) is 0 Å². The van der Waals surface area contributed by atoms with Gasteiger partial charge in [-0.1, -0.05) is 13.3 Å². The number of rotatable bonds is 5. The molecule has 1 aliphatic heterocycles. The maximum absolute atomic E-state index is 13.0. The summed E-state index contributed by atoms with van der Waals surface area (Å²) in [5.41, 5.74) is -3.41. The van der Waals surface area contributed by atoms with Crippen LogP contribution in [0.25, 0.3) is 0 Å². The van der Waals surface area contributed by atoms with Crippen molar-refractivity contribution in [2.75, 3.05) is 26.2 Å². The van der Waals surface area contributed by atoms with Crippen molar-refractivity contribution in [1.82, 2.24) is 14.5 Å². The average Bonchev–Trinajstić information content (AvgIpc) is 2.66. The van der Waals surface area contributed by atoms with Gasteiger partial charge in [0.15, 0.2) is 0 Å². The molecule has 0 radical (unpaired) electrons. The molecule has 1 N–H and O–H groups in total. The van der Waals surface area contributed by atoms with Crippen molar-refractivity contribution in [3.8, 4) is 0 Å². The van der Waals surface area contributed by atoms with E-state index in [2.05, 4.69) is 5.32 Å². The molecule has 1 saturated heterocycles. The van der Waals surface area contributed by atoms with E-state index in [0.717, 1.165) is 17.1 Å². The standard InChI is InChI=1S/C18H23F6N3O3S/c1-3-4-12(2)25-16(28)26-5-7-27(8-6-26)31(29,30)15-10-13(17(19,20)21)9-14(11-15)18(22,23)24/h9-12H,3-8H2,1-2H3,(H,25,28). The highest BCUT2D eigenvalue weighted by atomic mass is 32.2. The molecule has 176 valence electrons. The van der Waals surface area contributed by atoms with E-state index in [0.29, 0.717) is 0 Å². The number of nitrogens with zero attached hydrogens (tertiary/aromatic N) is 2. The van der Waals surface area contributed by atoms with Crippen molar-refractivity contribution in [2.45, 2.75) is 50.0 Å². The number of hydrogen-bond donors (Lipinski definition) is 1. The van der Waals surface area contributed by atoms with Gasteiger partial charge >= 0.3 is 18.4 Å². The highest BCUT2D eigenvalue weighted by molar-refractivity contribution is 7.89. The predicted molar refractivity (Wildman–Crippen MR) is 99.7 cm³/mol. The summed E-state index contributed by atoms with van der Waals surface area (Å²) in [6, 6.07) is -0.244. The second-order valence-corrected chi connectivity index (χ2v) is 9.21. The summed E-state index contributed by atoms with van der Waals surface area (Å²) in [6.45, 7) is 3.16. The fourth-order valence-corrected chi connectivity index (χ4v) is 4.66. The molecular formula is C18H23F6N3O3S. The first-order valence-corrected chi connectivity index (χ1v) is 11.0. The minimum Gasteiger partial charge on any atom is -0.336 e. The lowest BCUT2D eigenvalue weighted by atomic mass is 10.1. The zero-order valence-corrected chi connectivity index (χ0v) is 17.7. The molecule has 1 aromatic carbocycles. The van der Waals surface area contributed by atoms with Crippen molar-refractivity contribution < 1.29 is 39.6 Å². The average molecular weight is 475 g/mol. The lowest BCUT2D eigenvalue weighted by Gasteiger charge is -2.34. The van der Waals surface area contributed by atoms with Gasteiger partial charge in [0.2, 0.25) is 10.0 Å². The lowest BCUT2D eigenvalue weighted by molar-refractivity contribution is -0.143. The van der Waals surface area contributed by atoms with Gasteiger partial charge in [0.25, 0.3) is 0 Å². The van der Waals surface area contributed by atoms with Crippen LogP contribution in [0, 0.1) is 0 Å². The first kappa shape index (κ1) is 25.2. The zero-order valence-electron chi connectivity index (χ0n) is 16.8. The molecule has 6 nitrogen and oxygen atoms in total. The summed E-state index contributed by atoms with van der Waals surface area (Å²) in [5, 5.41) is 2.75. The number of amides is 2. The summed E-state index contributed by atoms with van der Waals surface area (Å²) in [6.07, 6.45) is -8.71. The molecule has 1 aliphatic rings. The molecule has 1 fully saturated rings. The third kappa shape index (κ3) is 6.25. The van der Waals surface area contributed by atoms with Gasteiger partial charge in [0.1, 0.15) is 0 Å². The molecule has 13 heteroatoms. The summed E-state index contributed by atoms with van der Waals surface area (Å²) >= 11 is 0. The first-order valence-electron chi connectivity index (χ1n) is 9.51. The van der Waals surface area contributed by atoms with Crippen molar-refractivity contribution in [3.05, 3.63) is 29.3 Å². The molecule has 1 unspecified atom stereocenters. The number of benzene rings is 1. The van der Waals surface area contributed by atoms with Crippen molar-refractivity contribution in [3.63, 3.8) is 0 Å². The van der Waals surface area contributed by atoms with Crippen LogP contribution in [0.15, 0.2) is 23.1 Å². The Balaban J connectivity index is 2.22. The number of alkyl halides is 6. The van der Waals surface area contributed by atoms with Crippen LogP contribution < -0.4 is 5.32 Å². The number of hydrogen-bond acceptors (Lipinski definition) is 3. The molecule has 0 bridgehead atoms. The van der Waals surface area contributed by atoms with Gasteiger partial charge < -0.3 is 10.2 Å². The summed E-state index contributed by atoms with van der Waals surface area (Å²) < 4.78 is 105. The quantitative estimate of drug-likeness (QED) is 0.657. The molecule has 1 atom stereocenters. The van der Waals surface area contributed by atoms with Crippen LogP contribution in [0.5, 0.6) is 0 Å². The van der Waals surface area contributed by atoms with Gasteiger partial charge in [0.05, 0.1) is 16.0 Å². The van der Waals surface area contributed by atoms with E-state index in [1.165, 1.54) is 4.90 Å². The third-order valence-corrected chi connectivity index (χ3v) is 6.69. The number of carbonyl (C=O) groups is 1. The maximum atomic E-state index is 13.0. The minimum atomic E-state index is -5.16. The van der Waals surface area contributed by atoms with Gasteiger partial charge in [0, 0.05) is 32.2 Å². The molecule has 31 heavy (non-hydrogen) atoms. The third-order valence-electron chi connectivity index (χ3n) is 4.82. The summed E-state index contributed by atoms with van der Waals surface area (Å²) in [5.74, 6) is 0. The van der Waals surface area contributed by atoms with E-state index < -0.39 is 44.4 Å². The second-order valence-electron chi connectivity index (χ2n) is 7.27. The number of sulfonamides is 1. The Morgan fingerprint density at radius 3 is 1.90 bits per heavy atom. The van der Waals surface area contributed by atoms with E-state index in [4.69, 9.17) is 0 Å². The van der Waals surface area contributed by atoms with Crippen LogP contribution >= 0.6 is 0 Å². The lowest BCUT2D eigenvalue weighted by Crippen LogP contribution is -2.54. The largest absolute Gasteiger partial charge is 0.416 e. The van der Waals surface area contributed by atoms with Gasteiger partial charge in [-0.25, -0.2) is 13.2 Å². The topological polar surface area (TPSA) is 69.7 Å². The molecular weight excluding hydrogens is 452 g/mol. The molecule has 0 saturated carbocycles. The van der Waals surface area contributed by atoms with Gasteiger partial charge in [-0.05, 0) is 31.5 Å². The molecule has 1 heterocycles. The van der Waals surface area contributed by atoms with Crippen LogP contribution in [0.2, 0.25) is 0 Å². The van der Waals surface area contributed by atoms with Crippen LogP contribution in [-0.4, -0.2) is 55.9 Å². The van der Waals surface area contributed by atoms with E-state index in [1.54, 1.807) is 0 Å². The minimum absolute atomic E-state index is 0.0466. The number of piperazine rings is 1. The number of nitrogens with one attached hydrogen (secondary N) is 1. The van der Waals surface area contributed by atoms with E-state index >= 15 is 0 Å². The van der Waals surface area contributed by atoms with E-state index in [1.807, 2.05) is 13.8 Å².